The molecule has 1 aromatic carbocycles. The molecule has 0 aliphatic rings. The van der Waals surface area contributed by atoms with Crippen LogP contribution in [0.2, 0.25) is 0 Å². The maximum Gasteiger partial charge on any atom is 0.240 e. The molecular weight excluding hydrogens is 491 g/mol. The summed E-state index contributed by atoms with van der Waals surface area (Å²) in [5, 5.41) is 7.35. The highest BCUT2D eigenvalue weighted by atomic mass is 127. The molecule has 0 aliphatic carbocycles. The molecule has 0 saturated heterocycles. The second-order valence-electron chi connectivity index (χ2n) is 8.38. The monoisotopic (exact) mass is 526 g/mol. The van der Waals surface area contributed by atoms with Crippen molar-refractivity contribution >= 4 is 52.6 Å². The van der Waals surface area contributed by atoms with Crippen LogP contribution in [-0.4, -0.2) is 61.5 Å². The predicted molar refractivity (Wildman–Crippen MR) is 137 cm³/mol. The number of carbonyl (C=O) groups is 1. The van der Waals surface area contributed by atoms with Crippen molar-refractivity contribution in [2.75, 3.05) is 39.1 Å². The average molecular weight is 526 g/mol. The maximum atomic E-state index is 12.3. The van der Waals surface area contributed by atoms with Gasteiger partial charge in [0.05, 0.1) is 18.6 Å². The highest BCUT2D eigenvalue weighted by Crippen LogP contribution is 2.22. The Balaban J connectivity index is 0.00000450. The Bertz CT molecular complexity index is 876. The number of halogens is 1. The fourth-order valence-electron chi connectivity index (χ4n) is 2.97. The highest BCUT2D eigenvalue weighted by Gasteiger charge is 2.17. The molecule has 2 N–H and O–H groups in total. The predicted octanol–water partition coefficient (Wildman–Crippen LogP) is 3.23. The van der Waals surface area contributed by atoms with E-state index in [-0.39, 0.29) is 42.0 Å². The summed E-state index contributed by atoms with van der Waals surface area (Å²) in [5.41, 5.74) is 1.79. The Morgan fingerprint density at radius 1 is 1.17 bits per heavy atom. The second-order valence-corrected chi connectivity index (χ2v) is 8.38. The molecule has 7 nitrogen and oxygen atoms in total. The van der Waals surface area contributed by atoms with Crippen molar-refractivity contribution < 1.29 is 4.79 Å². The van der Waals surface area contributed by atoms with Gasteiger partial charge in [-0.2, -0.15) is 0 Å². The van der Waals surface area contributed by atoms with E-state index in [4.69, 9.17) is 9.98 Å². The number of nitrogens with one attached hydrogen (secondary N) is 2. The number of pyridine rings is 1. The number of benzene rings is 1. The molecule has 0 radical (unpaired) electrons. The van der Waals surface area contributed by atoms with Gasteiger partial charge in [-0.1, -0.05) is 18.2 Å². The number of hydrogen-bond donors (Lipinski definition) is 2. The number of likely N-dealkylation sites (N-methyl/N-ethyl adjacent to an activating group) is 1. The number of guanidine groups is 1. The minimum Gasteiger partial charge on any atom is -0.363 e. The molecule has 166 valence electrons. The number of aromatic nitrogens is 1. The van der Waals surface area contributed by atoms with E-state index in [1.165, 1.54) is 0 Å². The Hall–Kier alpha value is -2.10. The summed E-state index contributed by atoms with van der Waals surface area (Å²) in [4.78, 5) is 25.6. The molecule has 0 fully saturated rings. The third-order valence-electron chi connectivity index (χ3n) is 4.24. The number of hydrogen-bond acceptors (Lipinski definition) is 4. The molecule has 8 heteroatoms. The van der Waals surface area contributed by atoms with Crippen LogP contribution in [0, 0.1) is 0 Å². The number of para-hydroxylation sites is 1. The third kappa shape index (κ3) is 7.62. The first kappa shape index (κ1) is 25.9. The van der Waals surface area contributed by atoms with Gasteiger partial charge < -0.3 is 20.4 Å². The van der Waals surface area contributed by atoms with E-state index in [1.54, 1.807) is 0 Å². The lowest BCUT2D eigenvalue weighted by molar-refractivity contribution is -0.122. The largest absolute Gasteiger partial charge is 0.363 e. The number of carbonyl (C=O) groups excluding carboxylic acids is 1. The zero-order valence-corrected chi connectivity index (χ0v) is 21.4. The van der Waals surface area contributed by atoms with Crippen molar-refractivity contribution in [2.24, 2.45) is 4.99 Å². The molecule has 0 saturated carbocycles. The maximum absolute atomic E-state index is 12.3. The standard InChI is InChI=1S/C22H34N6O.HI/c1-8-23-21(28(7)15-20(29)26-22(2,3)4)24-14-16-13-19(27(5)6)25-18-12-10-9-11-17(16)18;/h9-13H,8,14-15H2,1-7H3,(H,23,24)(H,26,29);1H. The van der Waals surface area contributed by atoms with Crippen LogP contribution in [0.25, 0.3) is 10.9 Å². The van der Waals surface area contributed by atoms with Crippen molar-refractivity contribution in [3.8, 4) is 0 Å². The van der Waals surface area contributed by atoms with Gasteiger partial charge in [-0.3, -0.25) is 4.79 Å². The highest BCUT2D eigenvalue weighted by molar-refractivity contribution is 14.0. The van der Waals surface area contributed by atoms with Crippen LogP contribution < -0.4 is 15.5 Å². The average Bonchev–Trinajstić information content (AvgIpc) is 2.62. The van der Waals surface area contributed by atoms with Gasteiger partial charge in [-0.15, -0.1) is 24.0 Å². The molecule has 2 aromatic rings. The van der Waals surface area contributed by atoms with Crippen LogP contribution in [0.3, 0.4) is 0 Å². The summed E-state index contributed by atoms with van der Waals surface area (Å²) < 4.78 is 0. The van der Waals surface area contributed by atoms with Crippen molar-refractivity contribution in [3.05, 3.63) is 35.9 Å². The quantitative estimate of drug-likeness (QED) is 0.344. The molecule has 0 spiro atoms. The molecule has 0 aliphatic heterocycles. The first-order valence-corrected chi connectivity index (χ1v) is 9.97. The van der Waals surface area contributed by atoms with E-state index in [0.29, 0.717) is 12.5 Å². The summed E-state index contributed by atoms with van der Waals surface area (Å²) in [5.74, 6) is 1.57. The zero-order valence-electron chi connectivity index (χ0n) is 19.1. The molecule has 2 rings (SSSR count). The summed E-state index contributed by atoms with van der Waals surface area (Å²) in [6.07, 6.45) is 0. The van der Waals surface area contributed by atoms with Crippen LogP contribution in [0.5, 0.6) is 0 Å². The van der Waals surface area contributed by atoms with Crippen molar-refractivity contribution in [1.82, 2.24) is 20.5 Å². The van der Waals surface area contributed by atoms with E-state index in [0.717, 1.165) is 28.8 Å². The topological polar surface area (TPSA) is 72.9 Å². The summed E-state index contributed by atoms with van der Waals surface area (Å²) in [7, 11) is 5.84. The van der Waals surface area contributed by atoms with E-state index in [2.05, 4.69) is 22.8 Å². The normalized spacial score (nSPS) is 11.6. The van der Waals surface area contributed by atoms with Crippen LogP contribution >= 0.6 is 24.0 Å². The summed E-state index contributed by atoms with van der Waals surface area (Å²) in [6.45, 7) is 9.40. The Kier molecular flexibility index (Phi) is 9.80. The van der Waals surface area contributed by atoms with Gasteiger partial charge in [0.15, 0.2) is 5.96 Å². The van der Waals surface area contributed by atoms with Crippen molar-refractivity contribution in [1.29, 1.82) is 0 Å². The number of anilines is 1. The van der Waals surface area contributed by atoms with E-state index in [1.807, 2.05) is 76.8 Å². The summed E-state index contributed by atoms with van der Waals surface area (Å²) in [6, 6.07) is 10.2. The van der Waals surface area contributed by atoms with Crippen molar-refractivity contribution in [3.63, 3.8) is 0 Å². The molecule has 0 unspecified atom stereocenters. The molecule has 1 amide bonds. The number of amides is 1. The van der Waals surface area contributed by atoms with Gasteiger partial charge in [0, 0.05) is 38.6 Å². The van der Waals surface area contributed by atoms with Crippen molar-refractivity contribution in [2.45, 2.75) is 39.8 Å². The lowest BCUT2D eigenvalue weighted by Crippen LogP contribution is -2.48. The SMILES string of the molecule is CCNC(=NCc1cc(N(C)C)nc2ccccc12)N(C)CC(=O)NC(C)(C)C.I. The second kappa shape index (κ2) is 11.3. The Morgan fingerprint density at radius 3 is 2.43 bits per heavy atom. The smallest absolute Gasteiger partial charge is 0.240 e. The number of aliphatic imine (C=N–C) groups is 1. The van der Waals surface area contributed by atoms with Crippen LogP contribution in [0.4, 0.5) is 5.82 Å². The van der Waals surface area contributed by atoms with Crippen LogP contribution in [0.1, 0.15) is 33.3 Å². The number of fused-ring (bicyclic) bond motifs is 1. The lowest BCUT2D eigenvalue weighted by Gasteiger charge is -2.25. The first-order valence-electron chi connectivity index (χ1n) is 9.97. The van der Waals surface area contributed by atoms with E-state index < -0.39 is 0 Å². The molecule has 1 heterocycles. The van der Waals surface area contributed by atoms with E-state index >= 15 is 0 Å². The zero-order chi connectivity index (χ0) is 21.6. The molecule has 0 atom stereocenters. The fourth-order valence-corrected chi connectivity index (χ4v) is 2.97. The van der Waals surface area contributed by atoms with Gasteiger partial charge in [0.2, 0.25) is 5.91 Å². The van der Waals surface area contributed by atoms with E-state index in [9.17, 15) is 4.79 Å². The molecule has 1 aromatic heterocycles. The molecule has 0 bridgehead atoms. The van der Waals surface area contributed by atoms with Gasteiger partial charge in [-0.05, 0) is 45.4 Å². The molecule has 30 heavy (non-hydrogen) atoms. The van der Waals surface area contributed by atoms with Gasteiger partial charge in [0.1, 0.15) is 5.82 Å². The lowest BCUT2D eigenvalue weighted by atomic mass is 10.1. The number of rotatable bonds is 6. The minimum absolute atomic E-state index is 0. The Labute approximate surface area is 197 Å². The summed E-state index contributed by atoms with van der Waals surface area (Å²) >= 11 is 0. The Morgan fingerprint density at radius 2 is 1.83 bits per heavy atom. The minimum atomic E-state index is -0.258. The first-order chi connectivity index (χ1) is 13.6. The van der Waals surface area contributed by atoms with Crippen LogP contribution in [-0.2, 0) is 11.3 Å². The van der Waals surface area contributed by atoms with Gasteiger partial charge in [0.25, 0.3) is 0 Å². The van der Waals surface area contributed by atoms with Gasteiger partial charge in [-0.25, -0.2) is 9.98 Å². The molecular formula is C22H35IN6O. The number of nitrogens with zero attached hydrogens (tertiary/aromatic N) is 4. The van der Waals surface area contributed by atoms with Gasteiger partial charge >= 0.3 is 0 Å². The third-order valence-corrected chi connectivity index (χ3v) is 4.24. The fraction of sp³-hybridized carbons (Fsp3) is 0.500. The van der Waals surface area contributed by atoms with Crippen LogP contribution in [0.15, 0.2) is 35.3 Å².